The fourth-order valence-electron chi connectivity index (χ4n) is 3.02. The van der Waals surface area contributed by atoms with Crippen molar-refractivity contribution in [2.45, 2.75) is 64.6 Å². The van der Waals surface area contributed by atoms with Crippen molar-refractivity contribution in [3.63, 3.8) is 0 Å². The van der Waals surface area contributed by atoms with Crippen LogP contribution in [0.4, 0.5) is 11.5 Å². The maximum Gasteiger partial charge on any atom is 0.150 e. The van der Waals surface area contributed by atoms with Crippen LogP contribution in [0.25, 0.3) is 0 Å². The fraction of sp³-hybridized carbons (Fsp3) is 0.786. The molecular weight excluding hydrogens is 240 g/mol. The number of aliphatic hydroxyl groups is 1. The van der Waals surface area contributed by atoms with E-state index in [4.69, 9.17) is 5.73 Å². The van der Waals surface area contributed by atoms with E-state index in [1.165, 1.54) is 6.42 Å². The second-order valence-electron chi connectivity index (χ2n) is 5.58. The van der Waals surface area contributed by atoms with Crippen molar-refractivity contribution in [3.05, 3.63) is 5.69 Å². The summed E-state index contributed by atoms with van der Waals surface area (Å²) in [6.07, 6.45) is 4.96. The van der Waals surface area contributed by atoms with Crippen molar-refractivity contribution in [2.24, 2.45) is 0 Å². The van der Waals surface area contributed by atoms with E-state index in [1.807, 2.05) is 18.7 Å². The third kappa shape index (κ3) is 2.71. The first-order chi connectivity index (χ1) is 9.06. The molecule has 2 rings (SSSR count). The van der Waals surface area contributed by atoms with Gasteiger partial charge in [0.1, 0.15) is 0 Å². The zero-order valence-corrected chi connectivity index (χ0v) is 12.3. The largest absolute Gasteiger partial charge is 0.394 e. The first-order valence-corrected chi connectivity index (χ1v) is 7.30. The molecule has 0 amide bonds. The van der Waals surface area contributed by atoms with Crippen molar-refractivity contribution < 1.29 is 5.11 Å². The lowest BCUT2D eigenvalue weighted by Crippen LogP contribution is -2.44. The molecule has 2 atom stereocenters. The zero-order valence-electron chi connectivity index (χ0n) is 12.3. The van der Waals surface area contributed by atoms with E-state index in [1.54, 1.807) is 0 Å². The van der Waals surface area contributed by atoms with Gasteiger partial charge in [-0.25, -0.2) is 4.68 Å². The van der Waals surface area contributed by atoms with E-state index in [0.29, 0.717) is 0 Å². The quantitative estimate of drug-likeness (QED) is 0.873. The number of nitrogen functional groups attached to an aromatic ring is 1. The van der Waals surface area contributed by atoms with Crippen LogP contribution in [0, 0.1) is 6.92 Å². The highest BCUT2D eigenvalue weighted by atomic mass is 16.3. The van der Waals surface area contributed by atoms with Gasteiger partial charge in [0.05, 0.1) is 23.5 Å². The third-order valence-corrected chi connectivity index (χ3v) is 4.11. The van der Waals surface area contributed by atoms with Crippen LogP contribution in [-0.4, -0.2) is 34.1 Å². The number of anilines is 2. The Morgan fingerprint density at radius 2 is 2.11 bits per heavy atom. The number of aryl methyl sites for hydroxylation is 2. The predicted octanol–water partition coefficient (Wildman–Crippen LogP) is 1.92. The summed E-state index contributed by atoms with van der Waals surface area (Å²) < 4.78 is 1.98. The van der Waals surface area contributed by atoms with Crippen molar-refractivity contribution in [1.82, 2.24) is 9.78 Å². The highest BCUT2D eigenvalue weighted by molar-refractivity contribution is 5.66. The van der Waals surface area contributed by atoms with Crippen LogP contribution in [0.2, 0.25) is 0 Å². The molecule has 1 aliphatic carbocycles. The van der Waals surface area contributed by atoms with E-state index in [0.717, 1.165) is 49.4 Å². The summed E-state index contributed by atoms with van der Waals surface area (Å²) in [5, 5.41) is 14.7. The Morgan fingerprint density at radius 1 is 1.42 bits per heavy atom. The van der Waals surface area contributed by atoms with E-state index in [-0.39, 0.29) is 12.1 Å². The van der Waals surface area contributed by atoms with Crippen LogP contribution in [0.3, 0.4) is 0 Å². The smallest absolute Gasteiger partial charge is 0.150 e. The number of hydrogen-bond donors (Lipinski definition) is 2. The minimum Gasteiger partial charge on any atom is -0.394 e. The number of nitrogens with zero attached hydrogens (tertiary/aromatic N) is 3. The summed E-state index contributed by atoms with van der Waals surface area (Å²) in [5.74, 6) is 0.963. The summed E-state index contributed by atoms with van der Waals surface area (Å²) in [6.45, 7) is 4.93. The molecular formula is C14H26N4O. The summed E-state index contributed by atoms with van der Waals surface area (Å²) in [4.78, 5) is 2.13. The van der Waals surface area contributed by atoms with Crippen molar-refractivity contribution in [1.29, 1.82) is 0 Å². The molecule has 0 radical (unpaired) electrons. The Bertz CT molecular complexity index is 429. The molecule has 2 unspecified atom stereocenters. The minimum atomic E-state index is -0.261. The van der Waals surface area contributed by atoms with E-state index in [9.17, 15) is 5.11 Å². The predicted molar refractivity (Wildman–Crippen MR) is 78.3 cm³/mol. The normalized spacial score (nSPS) is 23.6. The topological polar surface area (TPSA) is 67.3 Å². The number of nitrogens with two attached hydrogens (primary N) is 1. The van der Waals surface area contributed by atoms with Gasteiger partial charge in [-0.05, 0) is 26.2 Å². The minimum absolute atomic E-state index is 0.155. The number of hydrogen-bond acceptors (Lipinski definition) is 4. The van der Waals surface area contributed by atoms with Crippen LogP contribution >= 0.6 is 0 Å². The van der Waals surface area contributed by atoms with Crippen LogP contribution in [0.15, 0.2) is 0 Å². The van der Waals surface area contributed by atoms with E-state index in [2.05, 4.69) is 16.9 Å². The molecule has 0 spiro atoms. The van der Waals surface area contributed by atoms with E-state index < -0.39 is 0 Å². The lowest BCUT2D eigenvalue weighted by atomic mass is 9.91. The first kappa shape index (κ1) is 14.2. The van der Waals surface area contributed by atoms with Crippen molar-refractivity contribution in [2.75, 3.05) is 17.7 Å². The van der Waals surface area contributed by atoms with Gasteiger partial charge < -0.3 is 15.7 Å². The molecule has 1 heterocycles. The molecule has 5 heteroatoms. The number of likely N-dealkylation sites (N-methyl/N-ethyl adjacent to an activating group) is 1. The van der Waals surface area contributed by atoms with Crippen LogP contribution in [-0.2, 0) is 6.54 Å². The van der Waals surface area contributed by atoms with Crippen molar-refractivity contribution >= 4 is 11.5 Å². The Morgan fingerprint density at radius 3 is 2.74 bits per heavy atom. The first-order valence-electron chi connectivity index (χ1n) is 7.30. The van der Waals surface area contributed by atoms with Gasteiger partial charge in [-0.15, -0.1) is 0 Å². The lowest BCUT2D eigenvalue weighted by molar-refractivity contribution is 0.105. The highest BCUT2D eigenvalue weighted by Gasteiger charge is 2.30. The Balaban J connectivity index is 2.28. The molecule has 1 aliphatic rings. The van der Waals surface area contributed by atoms with Crippen molar-refractivity contribution in [3.8, 4) is 0 Å². The van der Waals surface area contributed by atoms with Gasteiger partial charge in [0.2, 0.25) is 0 Å². The lowest BCUT2D eigenvalue weighted by Gasteiger charge is -2.36. The molecule has 1 aromatic rings. The molecule has 1 saturated carbocycles. The standard InChI is InChI=1S/C14H26N4O/c1-4-9-18-14(13(15)10(2)16-18)17(3)11-7-5-6-8-12(11)19/h11-12,19H,4-9,15H2,1-3H3. The Kier molecular flexibility index (Phi) is 4.34. The van der Waals surface area contributed by atoms with Gasteiger partial charge in [-0.3, -0.25) is 0 Å². The number of rotatable bonds is 4. The molecule has 19 heavy (non-hydrogen) atoms. The molecule has 5 nitrogen and oxygen atoms in total. The SMILES string of the molecule is CCCn1nc(C)c(N)c1N(C)C1CCCCC1O. The van der Waals surface area contributed by atoms with Gasteiger partial charge in [0, 0.05) is 13.6 Å². The van der Waals surface area contributed by atoms with Crippen LogP contribution in [0.1, 0.15) is 44.7 Å². The van der Waals surface area contributed by atoms with E-state index >= 15 is 0 Å². The second-order valence-corrected chi connectivity index (χ2v) is 5.58. The monoisotopic (exact) mass is 266 g/mol. The summed E-state index contributed by atoms with van der Waals surface area (Å²) in [5.41, 5.74) is 7.80. The summed E-state index contributed by atoms with van der Waals surface area (Å²) in [6, 6.07) is 0.155. The van der Waals surface area contributed by atoms with Crippen LogP contribution < -0.4 is 10.6 Å². The van der Waals surface area contributed by atoms with Gasteiger partial charge in [-0.2, -0.15) is 5.10 Å². The van der Waals surface area contributed by atoms with Gasteiger partial charge in [0.25, 0.3) is 0 Å². The fourth-order valence-corrected chi connectivity index (χ4v) is 3.02. The summed E-state index contributed by atoms with van der Waals surface area (Å²) >= 11 is 0. The number of aliphatic hydroxyl groups excluding tert-OH is 1. The van der Waals surface area contributed by atoms with Gasteiger partial charge in [-0.1, -0.05) is 19.8 Å². The molecule has 1 aromatic heterocycles. The maximum atomic E-state index is 10.2. The molecule has 1 fully saturated rings. The Labute approximate surface area is 115 Å². The van der Waals surface area contributed by atoms with Gasteiger partial charge in [0.15, 0.2) is 5.82 Å². The average molecular weight is 266 g/mol. The molecule has 0 saturated heterocycles. The average Bonchev–Trinajstić information content (AvgIpc) is 2.65. The molecule has 0 aromatic carbocycles. The van der Waals surface area contributed by atoms with Crippen LogP contribution in [0.5, 0.6) is 0 Å². The van der Waals surface area contributed by atoms with Gasteiger partial charge >= 0.3 is 0 Å². The Hall–Kier alpha value is -1.23. The third-order valence-electron chi connectivity index (χ3n) is 4.11. The molecule has 108 valence electrons. The highest BCUT2D eigenvalue weighted by Crippen LogP contribution is 2.31. The number of aromatic nitrogens is 2. The second kappa shape index (κ2) is 5.82. The zero-order chi connectivity index (χ0) is 14.0. The maximum absolute atomic E-state index is 10.2. The molecule has 0 bridgehead atoms. The summed E-state index contributed by atoms with van der Waals surface area (Å²) in [7, 11) is 2.03. The molecule has 3 N–H and O–H groups in total. The molecule has 0 aliphatic heterocycles.